The maximum atomic E-state index is 12.1. The molecule has 0 bridgehead atoms. The van der Waals surface area contributed by atoms with Gasteiger partial charge in [0.25, 0.3) is 0 Å². The Hall–Kier alpha value is -0.690. The molecule has 0 unspecified atom stereocenters. The van der Waals surface area contributed by atoms with Crippen LogP contribution >= 0.6 is 23.8 Å². The summed E-state index contributed by atoms with van der Waals surface area (Å²) in [5.41, 5.74) is 5.80. The molecule has 0 saturated heterocycles. The molecule has 4 nitrogen and oxygen atoms in total. The van der Waals surface area contributed by atoms with E-state index in [-0.39, 0.29) is 17.5 Å². The molecule has 110 valence electrons. The maximum Gasteiger partial charge on any atom is 0.152 e. The Morgan fingerprint density at radius 2 is 2.20 bits per heavy atom. The van der Waals surface area contributed by atoms with Crippen molar-refractivity contribution in [2.45, 2.75) is 11.2 Å². The molecule has 1 aliphatic rings. The summed E-state index contributed by atoms with van der Waals surface area (Å²) in [4.78, 5) is 0.166. The van der Waals surface area contributed by atoms with Gasteiger partial charge in [-0.3, -0.25) is 0 Å². The molecule has 3 atom stereocenters. The van der Waals surface area contributed by atoms with Crippen molar-refractivity contribution in [1.29, 1.82) is 0 Å². The average molecular weight is 334 g/mol. The smallest absolute Gasteiger partial charge is 0.152 e. The summed E-state index contributed by atoms with van der Waals surface area (Å²) in [5.74, 6) is -0.311. The van der Waals surface area contributed by atoms with Crippen LogP contribution in [0, 0.1) is 5.41 Å². The molecule has 0 aromatic heterocycles. The van der Waals surface area contributed by atoms with Crippen molar-refractivity contribution in [3.8, 4) is 0 Å². The molecule has 1 aromatic carbocycles. The second-order valence-corrected chi connectivity index (χ2v) is 8.16. The summed E-state index contributed by atoms with van der Waals surface area (Å²) >= 11 is 11.1. The first kappa shape index (κ1) is 15.7. The van der Waals surface area contributed by atoms with Gasteiger partial charge in [-0.2, -0.15) is 0 Å². The number of hydrogen-bond acceptors (Lipinski definition) is 4. The number of hydrogen-bond donors (Lipinski definition) is 1. The summed E-state index contributed by atoms with van der Waals surface area (Å²) in [6.07, 6.45) is 1.20. The van der Waals surface area contributed by atoms with Crippen LogP contribution in [-0.4, -0.2) is 38.6 Å². The molecule has 0 amide bonds. The molecule has 7 heteroatoms. The zero-order valence-corrected chi connectivity index (χ0v) is 13.6. The van der Waals surface area contributed by atoms with Crippen LogP contribution < -0.4 is 5.73 Å². The first-order valence-electron chi connectivity index (χ1n) is 5.98. The van der Waals surface area contributed by atoms with Gasteiger partial charge in [-0.15, -0.1) is 0 Å². The van der Waals surface area contributed by atoms with Gasteiger partial charge in [0.1, 0.15) is 0 Å². The van der Waals surface area contributed by atoms with E-state index in [1.165, 1.54) is 13.4 Å². The number of halogens is 1. The second-order valence-electron chi connectivity index (χ2n) is 5.12. The number of thiocarbonyl (C=S) groups is 1. The number of ether oxygens (including phenoxy) is 1. The topological polar surface area (TPSA) is 69.4 Å². The number of sulfone groups is 1. The molecule has 0 spiro atoms. The molecule has 0 aliphatic heterocycles. The molecule has 1 aliphatic carbocycles. The number of methoxy groups -OCH3 is 1. The summed E-state index contributed by atoms with van der Waals surface area (Å²) in [6, 6.07) is 7.11. The predicted octanol–water partition coefficient (Wildman–Crippen LogP) is 1.77. The largest absolute Gasteiger partial charge is 0.393 e. The van der Waals surface area contributed by atoms with Gasteiger partial charge < -0.3 is 10.5 Å². The van der Waals surface area contributed by atoms with Crippen LogP contribution in [-0.2, 0) is 14.6 Å². The Morgan fingerprint density at radius 1 is 1.55 bits per heavy atom. The van der Waals surface area contributed by atoms with E-state index in [1.807, 2.05) is 6.07 Å². The lowest BCUT2D eigenvalue weighted by atomic mass is 10.00. The van der Waals surface area contributed by atoms with Crippen molar-refractivity contribution < 1.29 is 13.2 Å². The molecule has 2 N–H and O–H groups in total. The van der Waals surface area contributed by atoms with Crippen LogP contribution in [0.1, 0.15) is 11.5 Å². The van der Waals surface area contributed by atoms with E-state index in [4.69, 9.17) is 34.3 Å². The Morgan fingerprint density at radius 3 is 2.65 bits per heavy atom. The van der Waals surface area contributed by atoms with Gasteiger partial charge in [0.15, 0.2) is 9.84 Å². The van der Waals surface area contributed by atoms with Crippen LogP contribution in [0.2, 0.25) is 5.02 Å². The minimum Gasteiger partial charge on any atom is -0.393 e. The third-order valence-corrected chi connectivity index (χ3v) is 6.00. The van der Waals surface area contributed by atoms with E-state index in [1.54, 1.807) is 18.2 Å². The van der Waals surface area contributed by atoms with E-state index in [0.29, 0.717) is 5.02 Å². The zero-order chi connectivity index (χ0) is 15.1. The van der Waals surface area contributed by atoms with E-state index in [2.05, 4.69) is 0 Å². The first-order chi connectivity index (χ1) is 9.25. The van der Waals surface area contributed by atoms with E-state index in [9.17, 15) is 8.42 Å². The maximum absolute atomic E-state index is 12.1. The standard InChI is InChI=1S/C13H16ClNO3S2/c1-18-7-13(12(15)19)10(11(13)20(2,16)17)8-4-3-5-9(14)6-8/h3-6,10-11H,7H2,1-2H3,(H2,15,19)/t10-,11+,13-/m1/s1. The summed E-state index contributed by atoms with van der Waals surface area (Å²) < 4.78 is 29.3. The van der Waals surface area contributed by atoms with Crippen molar-refractivity contribution in [3.05, 3.63) is 34.9 Å². The fraction of sp³-hybridized carbons (Fsp3) is 0.462. The highest BCUT2D eigenvalue weighted by molar-refractivity contribution is 7.92. The number of nitrogens with two attached hydrogens (primary N) is 1. The molecular formula is C13H16ClNO3S2. The Kier molecular flexibility index (Phi) is 4.12. The minimum absolute atomic E-state index is 0.166. The van der Waals surface area contributed by atoms with Gasteiger partial charge in [0.05, 0.1) is 22.3 Å². The van der Waals surface area contributed by atoms with Gasteiger partial charge >= 0.3 is 0 Å². The highest BCUT2D eigenvalue weighted by Gasteiger charge is 2.71. The van der Waals surface area contributed by atoms with Crippen molar-refractivity contribution >= 4 is 38.6 Å². The van der Waals surface area contributed by atoms with E-state index < -0.39 is 20.5 Å². The van der Waals surface area contributed by atoms with Gasteiger partial charge in [-0.05, 0) is 17.7 Å². The number of benzene rings is 1. The third-order valence-electron chi connectivity index (χ3n) is 3.77. The molecular weight excluding hydrogens is 318 g/mol. The molecule has 1 aromatic rings. The molecule has 2 rings (SSSR count). The highest BCUT2D eigenvalue weighted by Crippen LogP contribution is 2.63. The van der Waals surface area contributed by atoms with Gasteiger partial charge in [0, 0.05) is 24.3 Å². The first-order valence-corrected chi connectivity index (χ1v) is 8.72. The van der Waals surface area contributed by atoms with Gasteiger partial charge in [0.2, 0.25) is 0 Å². The van der Waals surface area contributed by atoms with Gasteiger partial charge in [-0.1, -0.05) is 36.0 Å². The molecule has 1 fully saturated rings. The molecule has 20 heavy (non-hydrogen) atoms. The van der Waals surface area contributed by atoms with E-state index in [0.717, 1.165) is 5.56 Å². The lowest BCUT2D eigenvalue weighted by molar-refractivity contribution is 0.166. The summed E-state index contributed by atoms with van der Waals surface area (Å²) in [5, 5.41) is -0.109. The molecule has 0 heterocycles. The van der Waals surface area contributed by atoms with Crippen LogP contribution in [0.4, 0.5) is 0 Å². The average Bonchev–Trinajstić information content (AvgIpc) is 3.00. The normalized spacial score (nSPS) is 29.1. The van der Waals surface area contributed by atoms with Crippen molar-refractivity contribution in [2.75, 3.05) is 20.0 Å². The monoisotopic (exact) mass is 333 g/mol. The van der Waals surface area contributed by atoms with Crippen LogP contribution in [0.3, 0.4) is 0 Å². The molecule has 1 saturated carbocycles. The predicted molar refractivity (Wildman–Crippen MR) is 83.9 cm³/mol. The summed E-state index contributed by atoms with van der Waals surface area (Å²) in [6.45, 7) is 0.178. The quantitative estimate of drug-likeness (QED) is 0.832. The SMILES string of the molecule is COC[C@@]1(C(N)=S)[C@H](c2cccc(Cl)c2)[C@@H]1S(C)(=O)=O. The highest BCUT2D eigenvalue weighted by atomic mass is 35.5. The Bertz CT molecular complexity index is 647. The lowest BCUT2D eigenvalue weighted by Crippen LogP contribution is -2.32. The fourth-order valence-electron chi connectivity index (χ4n) is 2.98. The van der Waals surface area contributed by atoms with Crippen molar-refractivity contribution in [1.82, 2.24) is 0 Å². The van der Waals surface area contributed by atoms with Crippen molar-refractivity contribution in [3.63, 3.8) is 0 Å². The minimum atomic E-state index is -3.31. The van der Waals surface area contributed by atoms with Crippen LogP contribution in [0.15, 0.2) is 24.3 Å². The van der Waals surface area contributed by atoms with E-state index >= 15 is 0 Å². The lowest BCUT2D eigenvalue weighted by Gasteiger charge is -2.15. The fourth-order valence-corrected chi connectivity index (χ4v) is 5.49. The third kappa shape index (κ3) is 2.45. The Labute approximate surface area is 129 Å². The zero-order valence-electron chi connectivity index (χ0n) is 11.2. The summed E-state index contributed by atoms with van der Waals surface area (Å²) in [7, 11) is -1.80. The molecule has 0 radical (unpaired) electrons. The van der Waals surface area contributed by atoms with Crippen LogP contribution in [0.5, 0.6) is 0 Å². The number of rotatable bonds is 5. The second kappa shape index (κ2) is 5.26. The van der Waals surface area contributed by atoms with Crippen LogP contribution in [0.25, 0.3) is 0 Å². The van der Waals surface area contributed by atoms with Gasteiger partial charge in [-0.25, -0.2) is 8.42 Å². The Balaban J connectivity index is 2.53. The van der Waals surface area contributed by atoms with Crippen molar-refractivity contribution in [2.24, 2.45) is 11.1 Å².